The number of likely N-dealkylation sites (tertiary alicyclic amines) is 1. The molecule has 4 aliphatic heterocycles. The Bertz CT molecular complexity index is 2330. The second kappa shape index (κ2) is 31.4. The van der Waals surface area contributed by atoms with Crippen molar-refractivity contribution in [3.8, 4) is 0 Å². The van der Waals surface area contributed by atoms with E-state index in [0.717, 1.165) is 23.3 Å². The molecule has 0 radical (unpaired) electrons. The summed E-state index contributed by atoms with van der Waals surface area (Å²) < 4.78 is 12.3. The third kappa shape index (κ3) is 17.6. The van der Waals surface area contributed by atoms with Crippen molar-refractivity contribution in [1.29, 1.82) is 0 Å². The maximum atomic E-state index is 14.7. The van der Waals surface area contributed by atoms with Crippen LogP contribution in [0.15, 0.2) is 54.6 Å². The van der Waals surface area contributed by atoms with Crippen LogP contribution in [0.25, 0.3) is 0 Å². The minimum absolute atomic E-state index is 0.0213. The topological polar surface area (TPSA) is 246 Å². The van der Waals surface area contributed by atoms with Crippen molar-refractivity contribution in [3.63, 3.8) is 0 Å². The van der Waals surface area contributed by atoms with Crippen LogP contribution in [-0.2, 0) is 63.9 Å². The van der Waals surface area contributed by atoms with Crippen LogP contribution in [0.5, 0.6) is 0 Å². The van der Waals surface area contributed by atoms with E-state index in [0.29, 0.717) is 58.0 Å². The number of unbranched alkanes of at least 4 members (excludes halogenated alkanes) is 2. The van der Waals surface area contributed by atoms with Gasteiger partial charge in [0.25, 0.3) is 17.7 Å². The number of hydroxylamine groups is 2. The molecule has 5 aliphatic rings. The molecule has 1 aliphatic carbocycles. The second-order valence-electron chi connectivity index (χ2n) is 22.8. The predicted octanol–water partition coefficient (Wildman–Crippen LogP) is 4.01. The number of hydrazine groups is 1. The van der Waals surface area contributed by atoms with Gasteiger partial charge in [-0.1, -0.05) is 104 Å². The van der Waals surface area contributed by atoms with Gasteiger partial charge in [-0.3, -0.25) is 78.9 Å². The van der Waals surface area contributed by atoms with Gasteiger partial charge in [0.1, 0.15) is 12.1 Å². The highest BCUT2D eigenvalue weighted by Crippen LogP contribution is 2.32. The van der Waals surface area contributed by atoms with Crippen LogP contribution in [0.1, 0.15) is 131 Å². The van der Waals surface area contributed by atoms with E-state index in [-0.39, 0.29) is 97.6 Å². The van der Waals surface area contributed by atoms with Gasteiger partial charge >= 0.3 is 0 Å². The number of hydrogen-bond acceptors (Lipinski definition) is 14. The summed E-state index contributed by atoms with van der Waals surface area (Å²) in [5, 5.41) is 7.17. The molecule has 6 rings (SSSR count). The zero-order valence-corrected chi connectivity index (χ0v) is 49.2. The van der Waals surface area contributed by atoms with Crippen molar-refractivity contribution in [2.45, 2.75) is 186 Å². The van der Waals surface area contributed by atoms with Crippen molar-refractivity contribution < 1.29 is 57.5 Å². The molecule has 1 aromatic carbocycles. The molecule has 21 nitrogen and oxygen atoms in total. The standard InChI is InChI=1S/C59H91N9O12/c1-12-39(6)54(65(9)53(38(4)5)58(76)61-57(75)52(37(2)3)64(8)32-20-25-48(70)63-62-47(69)24-17-14-18-33-67-49(71)30-31-50(67)72)46(78-10)36-51(73)66-34-19-23-45(66)55(79-11)40(7)56(74)60-44(35-41-21-15-13-16-22-41)59(77)68-42-26-28-43(80-68)29-27-42/h13,15-16,21-22,26,28,30-31,37-40,42-46,52-55H,12,14,17-20,23-25,27,29,32-36H2,1-11H3,(H,60,74)(H,62,69)(H,63,70)(H,61,75,76)/t39-,40+,42?,43?,44-,45-,46+,52-,53-,54-,55+/m0/s1. The predicted molar refractivity (Wildman–Crippen MR) is 300 cm³/mol. The molecule has 1 aromatic rings. The molecule has 4 heterocycles. The third-order valence-electron chi connectivity index (χ3n) is 16.3. The number of fused-ring (bicyclic) bond motifs is 2. The first-order valence-electron chi connectivity index (χ1n) is 28.9. The Hall–Kier alpha value is -5.87. The fourth-order valence-electron chi connectivity index (χ4n) is 11.9. The number of methoxy groups -OCH3 is 2. The Kier molecular flexibility index (Phi) is 25.5. The number of imide groups is 2. The molecule has 0 saturated carbocycles. The minimum Gasteiger partial charge on any atom is -0.379 e. The van der Waals surface area contributed by atoms with Gasteiger partial charge in [-0.05, 0) is 88.9 Å². The van der Waals surface area contributed by atoms with Gasteiger partial charge in [0.05, 0.1) is 48.7 Å². The van der Waals surface area contributed by atoms with E-state index in [4.69, 9.17) is 14.3 Å². The zero-order valence-electron chi connectivity index (χ0n) is 49.2. The van der Waals surface area contributed by atoms with Gasteiger partial charge in [0.2, 0.25) is 35.4 Å². The fourth-order valence-corrected chi connectivity index (χ4v) is 11.9. The summed E-state index contributed by atoms with van der Waals surface area (Å²) in [6, 6.07) is 6.00. The number of carbonyl (C=O) groups is 9. The van der Waals surface area contributed by atoms with Crippen LogP contribution < -0.4 is 21.5 Å². The molecule has 4 N–H and O–H groups in total. The number of nitrogens with zero attached hydrogens (tertiary/aromatic N) is 5. The number of amides is 9. The van der Waals surface area contributed by atoms with Crippen LogP contribution in [0, 0.1) is 23.7 Å². The van der Waals surface area contributed by atoms with Gasteiger partial charge in [0, 0.05) is 64.8 Å². The Morgan fingerprint density at radius 3 is 1.96 bits per heavy atom. The lowest BCUT2D eigenvalue weighted by molar-refractivity contribution is -0.232. The van der Waals surface area contributed by atoms with Gasteiger partial charge in [0.15, 0.2) is 0 Å². The number of benzene rings is 1. The number of rotatable bonds is 31. The highest BCUT2D eigenvalue weighted by molar-refractivity contribution is 6.12. The monoisotopic (exact) mass is 1120 g/mol. The smallest absolute Gasteiger partial charge is 0.269 e. The van der Waals surface area contributed by atoms with E-state index < -0.39 is 66.1 Å². The van der Waals surface area contributed by atoms with Crippen LogP contribution in [0.2, 0.25) is 0 Å². The first-order valence-corrected chi connectivity index (χ1v) is 28.9. The van der Waals surface area contributed by atoms with E-state index in [2.05, 4.69) is 28.4 Å². The van der Waals surface area contributed by atoms with Crippen LogP contribution in [-0.4, -0.2) is 180 Å². The average Bonchev–Trinajstić information content (AvgIpc) is 4.05. The van der Waals surface area contributed by atoms with Crippen molar-refractivity contribution in [2.75, 3.05) is 47.9 Å². The first-order chi connectivity index (χ1) is 38.1. The Balaban J connectivity index is 1.16. The molecule has 0 spiro atoms. The van der Waals surface area contributed by atoms with E-state index in [9.17, 15) is 43.2 Å². The number of nitrogens with one attached hydrogen (secondary N) is 4. The molecule has 2 saturated heterocycles. The van der Waals surface area contributed by atoms with E-state index in [1.54, 1.807) is 26.0 Å². The quantitative estimate of drug-likeness (QED) is 0.0356. The first kappa shape index (κ1) is 64.9. The molecule has 2 unspecified atom stereocenters. The lowest BCUT2D eigenvalue weighted by Crippen LogP contribution is -2.60. The molecule has 11 atom stereocenters. The van der Waals surface area contributed by atoms with Crippen molar-refractivity contribution in [2.24, 2.45) is 23.7 Å². The number of carbonyl (C=O) groups excluding carboxylic acids is 9. The summed E-state index contributed by atoms with van der Waals surface area (Å²) in [5.41, 5.74) is 5.74. The normalized spacial score (nSPS) is 20.9. The van der Waals surface area contributed by atoms with Crippen LogP contribution >= 0.6 is 0 Å². The number of likely N-dealkylation sites (N-methyl/N-ethyl adjacent to an activating group) is 2. The molecule has 21 heteroatoms. The second-order valence-corrected chi connectivity index (χ2v) is 22.8. The molecule has 2 bridgehead atoms. The van der Waals surface area contributed by atoms with Crippen molar-refractivity contribution >= 4 is 53.2 Å². The average molecular weight is 1120 g/mol. The summed E-state index contributed by atoms with van der Waals surface area (Å²) >= 11 is 0. The number of ether oxygens (including phenoxy) is 2. The molecular weight excluding hydrogens is 1030 g/mol. The van der Waals surface area contributed by atoms with E-state index in [1.165, 1.54) is 24.3 Å². The Morgan fingerprint density at radius 2 is 1.40 bits per heavy atom. The highest BCUT2D eigenvalue weighted by atomic mass is 16.7. The van der Waals surface area contributed by atoms with Crippen LogP contribution in [0.3, 0.4) is 0 Å². The lowest BCUT2D eigenvalue weighted by Gasteiger charge is -2.43. The summed E-state index contributed by atoms with van der Waals surface area (Å²) in [4.78, 5) is 133. The molecular formula is C59H91N9O12. The number of hydrogen-bond donors (Lipinski definition) is 4. The largest absolute Gasteiger partial charge is 0.379 e. The molecule has 80 heavy (non-hydrogen) atoms. The zero-order chi connectivity index (χ0) is 58.8. The minimum atomic E-state index is -0.908. The van der Waals surface area contributed by atoms with Crippen LogP contribution in [0.4, 0.5) is 0 Å². The highest BCUT2D eigenvalue weighted by Gasteiger charge is 2.45. The summed E-state index contributed by atoms with van der Waals surface area (Å²) in [5.74, 6) is -4.58. The van der Waals surface area contributed by atoms with Crippen molar-refractivity contribution in [3.05, 3.63) is 60.2 Å². The van der Waals surface area contributed by atoms with Gasteiger partial charge in [-0.25, -0.2) is 5.06 Å². The van der Waals surface area contributed by atoms with Gasteiger partial charge in [-0.2, -0.15) is 0 Å². The van der Waals surface area contributed by atoms with E-state index in [1.807, 2.05) is 94.0 Å². The van der Waals surface area contributed by atoms with Gasteiger partial charge < -0.3 is 19.7 Å². The maximum absolute atomic E-state index is 14.7. The Morgan fingerprint density at radius 1 is 0.762 bits per heavy atom. The molecule has 444 valence electrons. The summed E-state index contributed by atoms with van der Waals surface area (Å²) in [6.45, 7) is 14.5. The SMILES string of the molecule is CC[C@H](C)[C@@H]([C@@H](CC(=O)N1CCC[C@H]1[C@H](OC)[C@@H](C)C(=O)N[C@@H](Cc1ccccc1)C(=O)N1OC2C=CC1CC2)OC)N(C)[C@H](C(=O)NC(=O)[C@H](C(C)C)N(C)CCCC(=O)NNC(=O)CCCCCN1C(=O)C=CC1=O)C(C)C. The Labute approximate surface area is 473 Å². The summed E-state index contributed by atoms with van der Waals surface area (Å²) in [6.07, 6.45) is 11.0. The van der Waals surface area contributed by atoms with Gasteiger partial charge in [-0.15, -0.1) is 0 Å². The maximum Gasteiger partial charge on any atom is 0.269 e. The molecule has 0 aromatic heterocycles. The molecule has 9 amide bonds. The fraction of sp³-hybridized carbons (Fsp3) is 0.678. The summed E-state index contributed by atoms with van der Waals surface area (Å²) in [7, 11) is 6.69. The van der Waals surface area contributed by atoms with E-state index >= 15 is 0 Å². The van der Waals surface area contributed by atoms with Crippen molar-refractivity contribution in [1.82, 2.24) is 46.1 Å². The third-order valence-corrected chi connectivity index (χ3v) is 16.3. The lowest BCUT2D eigenvalue weighted by atomic mass is 9.87. The molecule has 2 fully saturated rings.